The van der Waals surface area contributed by atoms with Crippen molar-refractivity contribution in [2.75, 3.05) is 31.9 Å². The van der Waals surface area contributed by atoms with Crippen molar-refractivity contribution in [3.63, 3.8) is 0 Å². The van der Waals surface area contributed by atoms with Gasteiger partial charge in [-0.05, 0) is 50.1 Å². The molecular formula is C15H32N2O2S. The van der Waals surface area contributed by atoms with E-state index in [1.54, 1.807) is 4.31 Å². The first-order valence-electron chi connectivity index (χ1n) is 7.99. The maximum absolute atomic E-state index is 12.2. The molecule has 1 N–H and O–H groups in total. The van der Waals surface area contributed by atoms with Crippen molar-refractivity contribution in [1.82, 2.24) is 9.62 Å². The van der Waals surface area contributed by atoms with Crippen LogP contribution in [0.5, 0.6) is 0 Å². The molecule has 120 valence electrons. The van der Waals surface area contributed by atoms with Crippen molar-refractivity contribution in [2.24, 2.45) is 17.8 Å². The Bertz CT molecular complexity index is 358. The van der Waals surface area contributed by atoms with Crippen LogP contribution in [0.15, 0.2) is 0 Å². The number of nitrogens with one attached hydrogen (secondary N) is 1. The SMILES string of the molecule is CC(C)CCS(=O)(=O)N1CCC(CNCC(C)C)CC1. The van der Waals surface area contributed by atoms with Gasteiger partial charge in [-0.15, -0.1) is 0 Å². The first-order valence-corrected chi connectivity index (χ1v) is 9.60. The van der Waals surface area contributed by atoms with Crippen molar-refractivity contribution in [3.8, 4) is 0 Å². The maximum Gasteiger partial charge on any atom is 0.214 e. The summed E-state index contributed by atoms with van der Waals surface area (Å²) < 4.78 is 26.1. The molecule has 0 spiro atoms. The Morgan fingerprint density at radius 3 is 2.20 bits per heavy atom. The molecule has 1 aliphatic rings. The summed E-state index contributed by atoms with van der Waals surface area (Å²) in [6.45, 7) is 12.0. The third kappa shape index (κ3) is 6.55. The van der Waals surface area contributed by atoms with Crippen LogP contribution in [-0.4, -0.2) is 44.7 Å². The van der Waals surface area contributed by atoms with E-state index < -0.39 is 10.0 Å². The minimum absolute atomic E-state index is 0.306. The lowest BCUT2D eigenvalue weighted by atomic mass is 9.98. The zero-order valence-corrected chi connectivity index (χ0v) is 14.4. The van der Waals surface area contributed by atoms with Gasteiger partial charge in [0, 0.05) is 13.1 Å². The quantitative estimate of drug-likeness (QED) is 0.749. The molecule has 20 heavy (non-hydrogen) atoms. The fourth-order valence-corrected chi connectivity index (χ4v) is 4.28. The summed E-state index contributed by atoms with van der Waals surface area (Å²) in [6.07, 6.45) is 2.75. The molecule has 1 rings (SSSR count). The van der Waals surface area contributed by atoms with Crippen LogP contribution in [0.3, 0.4) is 0 Å². The Morgan fingerprint density at radius 2 is 1.70 bits per heavy atom. The Morgan fingerprint density at radius 1 is 1.10 bits per heavy atom. The monoisotopic (exact) mass is 304 g/mol. The standard InChI is InChI=1S/C15H32N2O2S/c1-13(2)7-10-20(18,19)17-8-5-15(6-9-17)12-16-11-14(3)4/h13-16H,5-12H2,1-4H3. The van der Waals surface area contributed by atoms with Gasteiger partial charge in [-0.3, -0.25) is 0 Å². The molecule has 0 aromatic rings. The molecule has 1 fully saturated rings. The van der Waals surface area contributed by atoms with Gasteiger partial charge in [0.2, 0.25) is 10.0 Å². The molecule has 5 heteroatoms. The second kappa shape index (κ2) is 8.35. The minimum Gasteiger partial charge on any atom is -0.316 e. The zero-order valence-electron chi connectivity index (χ0n) is 13.6. The molecule has 0 aromatic heterocycles. The Kier molecular flexibility index (Phi) is 7.48. The van der Waals surface area contributed by atoms with Crippen LogP contribution < -0.4 is 5.32 Å². The van der Waals surface area contributed by atoms with Gasteiger partial charge in [0.25, 0.3) is 0 Å². The second-order valence-corrected chi connectivity index (χ2v) is 8.98. The lowest BCUT2D eigenvalue weighted by Crippen LogP contribution is -2.42. The summed E-state index contributed by atoms with van der Waals surface area (Å²) in [5.41, 5.74) is 0. The molecule has 1 saturated heterocycles. The number of hydrogen-bond acceptors (Lipinski definition) is 3. The van der Waals surface area contributed by atoms with Crippen LogP contribution in [0.2, 0.25) is 0 Å². The number of piperidine rings is 1. The second-order valence-electron chi connectivity index (χ2n) is 6.89. The van der Waals surface area contributed by atoms with Crippen LogP contribution in [0.1, 0.15) is 47.0 Å². The van der Waals surface area contributed by atoms with Crippen molar-refractivity contribution in [2.45, 2.75) is 47.0 Å². The smallest absolute Gasteiger partial charge is 0.214 e. The summed E-state index contributed by atoms with van der Waals surface area (Å²) in [4.78, 5) is 0. The lowest BCUT2D eigenvalue weighted by molar-refractivity contribution is 0.265. The number of nitrogens with zero attached hydrogens (tertiary/aromatic N) is 1. The Balaban J connectivity index is 2.30. The van der Waals surface area contributed by atoms with Crippen LogP contribution in [0, 0.1) is 17.8 Å². The molecule has 0 atom stereocenters. The lowest BCUT2D eigenvalue weighted by Gasteiger charge is -2.31. The molecule has 0 aromatic carbocycles. The molecule has 0 radical (unpaired) electrons. The molecule has 1 aliphatic heterocycles. The Hall–Kier alpha value is -0.130. The van der Waals surface area contributed by atoms with E-state index in [0.29, 0.717) is 36.6 Å². The molecule has 0 aliphatic carbocycles. The minimum atomic E-state index is -3.02. The molecule has 4 nitrogen and oxygen atoms in total. The fraction of sp³-hybridized carbons (Fsp3) is 1.00. The van der Waals surface area contributed by atoms with E-state index in [1.807, 2.05) is 0 Å². The van der Waals surface area contributed by atoms with Gasteiger partial charge in [-0.1, -0.05) is 27.7 Å². The molecule has 0 unspecified atom stereocenters. The van der Waals surface area contributed by atoms with E-state index in [9.17, 15) is 8.42 Å². The highest BCUT2D eigenvalue weighted by atomic mass is 32.2. The number of sulfonamides is 1. The van der Waals surface area contributed by atoms with Gasteiger partial charge < -0.3 is 5.32 Å². The van der Waals surface area contributed by atoms with Crippen LogP contribution in [0.4, 0.5) is 0 Å². The van der Waals surface area contributed by atoms with Gasteiger partial charge >= 0.3 is 0 Å². The predicted octanol–water partition coefficient (Wildman–Crippen LogP) is 2.32. The molecular weight excluding hydrogens is 272 g/mol. The van der Waals surface area contributed by atoms with E-state index in [1.165, 1.54) is 0 Å². The third-order valence-electron chi connectivity index (χ3n) is 3.91. The largest absolute Gasteiger partial charge is 0.316 e. The Labute approximate surface area is 125 Å². The summed E-state index contributed by atoms with van der Waals surface area (Å²) in [7, 11) is -3.02. The number of rotatable bonds is 8. The van der Waals surface area contributed by atoms with E-state index in [4.69, 9.17) is 0 Å². The topological polar surface area (TPSA) is 49.4 Å². The first-order chi connectivity index (χ1) is 9.31. The van der Waals surface area contributed by atoms with Crippen LogP contribution >= 0.6 is 0 Å². The predicted molar refractivity (Wildman–Crippen MR) is 85.2 cm³/mol. The first kappa shape index (κ1) is 17.9. The van der Waals surface area contributed by atoms with Gasteiger partial charge in [-0.2, -0.15) is 0 Å². The normalized spacial score (nSPS) is 19.1. The summed E-state index contributed by atoms with van der Waals surface area (Å²) in [5.74, 6) is 2.06. The van der Waals surface area contributed by atoms with Gasteiger partial charge in [0.1, 0.15) is 0 Å². The highest BCUT2D eigenvalue weighted by molar-refractivity contribution is 7.89. The van der Waals surface area contributed by atoms with Crippen LogP contribution in [0.25, 0.3) is 0 Å². The number of hydrogen-bond donors (Lipinski definition) is 1. The summed E-state index contributed by atoms with van der Waals surface area (Å²) >= 11 is 0. The van der Waals surface area contributed by atoms with Gasteiger partial charge in [0.05, 0.1) is 5.75 Å². The molecule has 0 bridgehead atoms. The molecule has 0 amide bonds. The maximum atomic E-state index is 12.2. The molecule has 0 saturated carbocycles. The van der Waals surface area contributed by atoms with Crippen molar-refractivity contribution < 1.29 is 8.42 Å². The zero-order chi connectivity index (χ0) is 15.2. The van der Waals surface area contributed by atoms with Crippen molar-refractivity contribution in [1.29, 1.82) is 0 Å². The van der Waals surface area contributed by atoms with Crippen molar-refractivity contribution >= 4 is 10.0 Å². The fourth-order valence-electron chi connectivity index (χ4n) is 2.48. The van der Waals surface area contributed by atoms with E-state index in [0.717, 1.165) is 32.4 Å². The van der Waals surface area contributed by atoms with E-state index in [2.05, 4.69) is 33.0 Å². The van der Waals surface area contributed by atoms with Gasteiger partial charge in [0.15, 0.2) is 0 Å². The van der Waals surface area contributed by atoms with E-state index >= 15 is 0 Å². The highest BCUT2D eigenvalue weighted by Crippen LogP contribution is 2.20. The third-order valence-corrected chi connectivity index (χ3v) is 5.81. The van der Waals surface area contributed by atoms with Gasteiger partial charge in [-0.25, -0.2) is 12.7 Å². The van der Waals surface area contributed by atoms with Crippen molar-refractivity contribution in [3.05, 3.63) is 0 Å². The average Bonchev–Trinajstić information content (AvgIpc) is 2.37. The summed E-state index contributed by atoms with van der Waals surface area (Å²) in [5, 5.41) is 3.48. The van der Waals surface area contributed by atoms with Crippen LogP contribution in [-0.2, 0) is 10.0 Å². The van der Waals surface area contributed by atoms with E-state index in [-0.39, 0.29) is 0 Å². The molecule has 1 heterocycles. The summed E-state index contributed by atoms with van der Waals surface area (Å²) in [6, 6.07) is 0. The highest BCUT2D eigenvalue weighted by Gasteiger charge is 2.27. The average molecular weight is 305 g/mol.